The first-order valence-corrected chi connectivity index (χ1v) is 20.2. The topological polar surface area (TPSA) is 135 Å². The minimum atomic E-state index is -4.19. The number of hydrogen-bond donors (Lipinski definition) is 2. The molecule has 0 aliphatic carbocycles. The second kappa shape index (κ2) is 17.3. The summed E-state index contributed by atoms with van der Waals surface area (Å²) in [5.74, 6) is 0.637. The number of sulfonamides is 1. The van der Waals surface area contributed by atoms with Gasteiger partial charge < -0.3 is 29.3 Å². The van der Waals surface area contributed by atoms with E-state index in [9.17, 15) is 13.2 Å². The molecule has 0 spiro atoms. The van der Waals surface area contributed by atoms with E-state index in [-0.39, 0.29) is 64.3 Å². The zero-order valence-electron chi connectivity index (χ0n) is 32.8. The van der Waals surface area contributed by atoms with Crippen molar-refractivity contribution in [2.24, 2.45) is 0 Å². The van der Waals surface area contributed by atoms with Crippen LogP contribution in [-0.2, 0) is 20.2 Å². The maximum Gasteiger partial charge on any atom is 0.265 e. The van der Waals surface area contributed by atoms with Gasteiger partial charge in [-0.25, -0.2) is 8.42 Å². The number of anilines is 4. The second-order valence-electron chi connectivity index (χ2n) is 14.8. The van der Waals surface area contributed by atoms with E-state index >= 15 is 0 Å². The van der Waals surface area contributed by atoms with Crippen LogP contribution < -0.4 is 34.0 Å². The quantitative estimate of drug-likeness (QED) is 0.114. The van der Waals surface area contributed by atoms with Crippen LogP contribution in [-0.4, -0.2) is 64.2 Å². The second-order valence-corrected chi connectivity index (χ2v) is 16.5. The molecule has 12 nitrogen and oxygen atoms in total. The zero-order chi connectivity index (χ0) is 39.9. The number of amides is 1. The van der Waals surface area contributed by atoms with Crippen LogP contribution in [0.15, 0.2) is 108 Å². The molecule has 4 aromatic carbocycles. The number of carbonyl (C=O) groups excluding carboxylic acids is 1. The van der Waals surface area contributed by atoms with Crippen molar-refractivity contribution >= 4 is 39.1 Å². The fraction of sp³-hybridized carbons (Fsp3) is 0.326. The van der Waals surface area contributed by atoms with Crippen LogP contribution in [0.1, 0.15) is 58.1 Å². The Kier molecular flexibility index (Phi) is 12.3. The van der Waals surface area contributed by atoms with Crippen molar-refractivity contribution in [3.8, 4) is 23.1 Å². The molecule has 294 valence electrons. The smallest absolute Gasteiger partial charge is 0.265 e. The molecule has 1 aliphatic rings. The van der Waals surface area contributed by atoms with Crippen molar-refractivity contribution in [3.05, 3.63) is 114 Å². The van der Waals surface area contributed by atoms with Crippen LogP contribution in [0.3, 0.4) is 0 Å². The van der Waals surface area contributed by atoms with Gasteiger partial charge in [-0.1, -0.05) is 95.3 Å². The fourth-order valence-corrected chi connectivity index (χ4v) is 7.33. The van der Waals surface area contributed by atoms with Gasteiger partial charge in [-0.2, -0.15) is 9.97 Å². The Bertz CT molecular complexity index is 2220. The molecular formula is C43H50N6O6S. The Morgan fingerprint density at radius 2 is 1.43 bits per heavy atom. The lowest BCUT2D eigenvalue weighted by Gasteiger charge is -2.36. The van der Waals surface area contributed by atoms with E-state index in [2.05, 4.69) is 61.7 Å². The summed E-state index contributed by atoms with van der Waals surface area (Å²) in [5.41, 5.74) is 3.69. The molecule has 1 fully saturated rings. The number of nitrogens with zero attached hydrogens (tertiary/aromatic N) is 4. The minimum absolute atomic E-state index is 0.0171. The third kappa shape index (κ3) is 9.69. The predicted octanol–water partition coefficient (Wildman–Crippen LogP) is 8.23. The van der Waals surface area contributed by atoms with E-state index in [1.807, 2.05) is 47.4 Å². The van der Waals surface area contributed by atoms with Gasteiger partial charge in [0.1, 0.15) is 0 Å². The molecule has 13 heteroatoms. The lowest BCUT2D eigenvalue weighted by molar-refractivity contribution is -0.116. The number of para-hydroxylation sites is 4. The molecule has 2 heterocycles. The molecule has 0 unspecified atom stereocenters. The van der Waals surface area contributed by atoms with Crippen LogP contribution in [0.4, 0.5) is 23.1 Å². The fourth-order valence-electron chi connectivity index (χ4n) is 6.32. The van der Waals surface area contributed by atoms with E-state index in [4.69, 9.17) is 24.2 Å². The summed E-state index contributed by atoms with van der Waals surface area (Å²) < 4.78 is 49.0. The van der Waals surface area contributed by atoms with Gasteiger partial charge in [-0.3, -0.25) is 9.52 Å². The summed E-state index contributed by atoms with van der Waals surface area (Å²) in [7, 11) is -2.68. The van der Waals surface area contributed by atoms with Crippen LogP contribution in [0.25, 0.3) is 0 Å². The Morgan fingerprint density at radius 1 is 0.804 bits per heavy atom. The molecule has 1 aromatic heterocycles. The number of carbonyl (C=O) groups is 1. The van der Waals surface area contributed by atoms with E-state index in [0.29, 0.717) is 31.9 Å². The summed E-state index contributed by atoms with van der Waals surface area (Å²) in [4.78, 5) is 27.1. The molecule has 1 aliphatic heterocycles. The zero-order valence-corrected chi connectivity index (χ0v) is 33.6. The molecular weight excluding hydrogens is 729 g/mol. The van der Waals surface area contributed by atoms with Crippen molar-refractivity contribution in [2.45, 2.75) is 57.3 Å². The number of ether oxygens (including phenoxy) is 3. The molecule has 6 rings (SSSR count). The number of rotatable bonds is 14. The van der Waals surface area contributed by atoms with Crippen LogP contribution in [0.5, 0.6) is 23.1 Å². The first-order chi connectivity index (χ1) is 26.8. The average Bonchev–Trinajstić information content (AvgIpc) is 3.19. The summed E-state index contributed by atoms with van der Waals surface area (Å²) in [6.45, 7) is 12.7. The van der Waals surface area contributed by atoms with E-state index in [1.165, 1.54) is 7.11 Å². The molecule has 5 aromatic rings. The molecule has 56 heavy (non-hydrogen) atoms. The van der Waals surface area contributed by atoms with Crippen molar-refractivity contribution in [3.63, 3.8) is 0 Å². The number of nitrogens with one attached hydrogen (secondary N) is 2. The van der Waals surface area contributed by atoms with E-state index in [1.54, 1.807) is 48.5 Å². The van der Waals surface area contributed by atoms with Gasteiger partial charge in [-0.05, 0) is 64.9 Å². The molecule has 1 amide bonds. The number of benzene rings is 4. The largest absolute Gasteiger partial charge is 0.493 e. The Morgan fingerprint density at radius 3 is 2.09 bits per heavy atom. The SMILES string of the molecule is COc1ccccc1Oc1c(NS(=O)(=O)c2ccc(C(C)(C)C)cc2)nc(N2CCN(c3ccccc3)CC2)nc1OCCC(=O)Nc1ccccc1C(C)C. The Labute approximate surface area is 329 Å². The first kappa shape index (κ1) is 39.9. The number of hydrogen-bond acceptors (Lipinski definition) is 10. The summed E-state index contributed by atoms with van der Waals surface area (Å²) in [6, 6.07) is 31.5. The molecule has 1 saturated heterocycles. The van der Waals surface area contributed by atoms with Crippen molar-refractivity contribution < 1.29 is 27.4 Å². The van der Waals surface area contributed by atoms with Crippen LogP contribution in [0, 0.1) is 0 Å². The van der Waals surface area contributed by atoms with Gasteiger partial charge in [-0.15, -0.1) is 0 Å². The number of methoxy groups -OCH3 is 1. The highest BCUT2D eigenvalue weighted by Crippen LogP contribution is 2.42. The first-order valence-electron chi connectivity index (χ1n) is 18.7. The molecule has 0 atom stereocenters. The summed E-state index contributed by atoms with van der Waals surface area (Å²) in [6.07, 6.45) is -0.0171. The Hall–Kier alpha value is -5.82. The third-order valence-electron chi connectivity index (χ3n) is 9.47. The summed E-state index contributed by atoms with van der Waals surface area (Å²) in [5, 5.41) is 3.00. The highest BCUT2D eigenvalue weighted by atomic mass is 32.2. The molecule has 0 saturated carbocycles. The monoisotopic (exact) mass is 778 g/mol. The van der Waals surface area contributed by atoms with Crippen molar-refractivity contribution in [1.29, 1.82) is 0 Å². The summed E-state index contributed by atoms with van der Waals surface area (Å²) >= 11 is 0. The number of aromatic nitrogens is 2. The van der Waals surface area contributed by atoms with Gasteiger partial charge in [0.15, 0.2) is 17.3 Å². The lowest BCUT2D eigenvalue weighted by Crippen LogP contribution is -2.47. The Balaban J connectivity index is 1.36. The average molecular weight is 779 g/mol. The standard InChI is InChI=1S/C43H50N6O6S/c1-30(2)34-16-10-11-17-35(34)44-38(50)24-29-54-41-39(55-37-19-13-12-18-36(37)53-6)40(47-56(51,52)33-22-20-31(21-23-33)43(3,4)5)45-42(46-41)49-27-25-48(26-28-49)32-14-8-7-9-15-32/h7-23,30H,24-29H2,1-6H3,(H,44,50)(H,45,46,47). The van der Waals surface area contributed by atoms with Gasteiger partial charge in [0.2, 0.25) is 17.6 Å². The lowest BCUT2D eigenvalue weighted by atomic mass is 9.87. The van der Waals surface area contributed by atoms with Gasteiger partial charge in [0.25, 0.3) is 15.9 Å². The van der Waals surface area contributed by atoms with Crippen molar-refractivity contribution in [1.82, 2.24) is 9.97 Å². The maximum atomic E-state index is 14.1. The molecule has 0 bridgehead atoms. The third-order valence-corrected chi connectivity index (χ3v) is 10.8. The highest BCUT2D eigenvalue weighted by Gasteiger charge is 2.28. The van der Waals surface area contributed by atoms with Gasteiger partial charge in [0, 0.05) is 37.6 Å². The normalized spacial score (nSPS) is 13.3. The maximum absolute atomic E-state index is 14.1. The predicted molar refractivity (Wildman–Crippen MR) is 221 cm³/mol. The highest BCUT2D eigenvalue weighted by molar-refractivity contribution is 7.92. The van der Waals surface area contributed by atoms with Gasteiger partial charge in [0.05, 0.1) is 25.0 Å². The minimum Gasteiger partial charge on any atom is -0.493 e. The van der Waals surface area contributed by atoms with Crippen LogP contribution in [0.2, 0.25) is 0 Å². The number of piperazine rings is 1. The van der Waals surface area contributed by atoms with Gasteiger partial charge >= 0.3 is 0 Å². The van der Waals surface area contributed by atoms with Crippen molar-refractivity contribution in [2.75, 3.05) is 59.7 Å². The van der Waals surface area contributed by atoms with E-state index in [0.717, 1.165) is 22.5 Å². The van der Waals surface area contributed by atoms with Crippen LogP contribution >= 0.6 is 0 Å². The molecule has 2 N–H and O–H groups in total. The van der Waals surface area contributed by atoms with E-state index < -0.39 is 10.0 Å². The molecule has 0 radical (unpaired) electrons.